The van der Waals surface area contributed by atoms with Gasteiger partial charge in [-0.25, -0.2) is 4.79 Å². The van der Waals surface area contributed by atoms with Gasteiger partial charge in [0.2, 0.25) is 5.78 Å². The highest BCUT2D eigenvalue weighted by atomic mass is 16.5. The smallest absolute Gasteiger partial charge is 0.346 e. The van der Waals surface area contributed by atoms with Crippen LogP contribution in [-0.4, -0.2) is 24.4 Å². The highest BCUT2D eigenvalue weighted by Gasteiger charge is 2.33. The lowest BCUT2D eigenvalue weighted by Crippen LogP contribution is -2.36. The Morgan fingerprint density at radius 2 is 1.62 bits per heavy atom. The number of anilines is 1. The minimum Gasteiger partial charge on any atom is -0.453 e. The third-order valence-corrected chi connectivity index (χ3v) is 7.05. The quantitative estimate of drug-likeness (QED) is 0.152. The number of aryl methyl sites for hydroxylation is 3. The molecule has 1 aliphatic rings. The maximum absolute atomic E-state index is 12.7. The van der Waals surface area contributed by atoms with Gasteiger partial charge in [-0.05, 0) is 61.3 Å². The molecule has 1 aliphatic heterocycles. The summed E-state index contributed by atoms with van der Waals surface area (Å²) in [5.41, 5.74) is 6.93. The van der Waals surface area contributed by atoms with Crippen molar-refractivity contribution in [3.8, 4) is 0 Å². The number of hydrogen-bond donors (Lipinski definition) is 2. The average Bonchev–Trinajstić information content (AvgIpc) is 3.15. The van der Waals surface area contributed by atoms with Gasteiger partial charge < -0.3 is 15.4 Å². The van der Waals surface area contributed by atoms with Gasteiger partial charge >= 0.3 is 5.97 Å². The number of cyclic esters (lactones) is 1. The summed E-state index contributed by atoms with van der Waals surface area (Å²) >= 11 is 0. The van der Waals surface area contributed by atoms with Crippen LogP contribution < -0.4 is 10.6 Å². The van der Waals surface area contributed by atoms with E-state index in [1.54, 1.807) is 0 Å². The predicted molar refractivity (Wildman–Crippen MR) is 152 cm³/mol. The number of esters is 1. The Bertz CT molecular complexity index is 1100. The first-order valence-electron chi connectivity index (χ1n) is 13.6. The van der Waals surface area contributed by atoms with E-state index >= 15 is 0 Å². The summed E-state index contributed by atoms with van der Waals surface area (Å²) < 4.78 is 5.11. The summed E-state index contributed by atoms with van der Waals surface area (Å²) in [5, 5.41) is 7.03. The zero-order valence-electron chi connectivity index (χ0n) is 23.7. The van der Waals surface area contributed by atoms with Crippen LogP contribution in [-0.2, 0) is 26.2 Å². The third-order valence-electron chi connectivity index (χ3n) is 7.05. The number of Topliss-reactive ketones (excluding diaryl/α,β-unsaturated/α-hetero) is 1. The van der Waals surface area contributed by atoms with E-state index in [0.717, 1.165) is 42.5 Å². The molecule has 0 radical (unpaired) electrons. The molecule has 3 rings (SSSR count). The number of hydrogen-bond acceptors (Lipinski definition) is 5. The van der Waals surface area contributed by atoms with Crippen LogP contribution in [0, 0.1) is 20.8 Å². The van der Waals surface area contributed by atoms with Gasteiger partial charge in [0, 0.05) is 11.7 Å². The molecule has 2 N–H and O–H groups in total. The van der Waals surface area contributed by atoms with Crippen molar-refractivity contribution in [1.29, 1.82) is 0 Å². The maximum Gasteiger partial charge on any atom is 0.346 e. The molecule has 5 nitrogen and oxygen atoms in total. The molecule has 0 saturated carbocycles. The van der Waals surface area contributed by atoms with E-state index in [4.69, 9.17) is 4.74 Å². The molecule has 1 unspecified atom stereocenters. The average molecular weight is 505 g/mol. The first kappa shape index (κ1) is 28.5. The van der Waals surface area contributed by atoms with E-state index in [9.17, 15) is 9.59 Å². The molecule has 1 saturated heterocycles. The molecule has 0 spiro atoms. The fraction of sp³-hybridized carbons (Fsp3) is 0.500. The van der Waals surface area contributed by atoms with Gasteiger partial charge in [-0.2, -0.15) is 0 Å². The highest BCUT2D eigenvalue weighted by Crippen LogP contribution is 2.27. The number of unbranched alkanes of at least 4 members (excludes halogenated alkanes) is 3. The van der Waals surface area contributed by atoms with Crippen LogP contribution in [0.5, 0.6) is 0 Å². The van der Waals surface area contributed by atoms with Crippen molar-refractivity contribution in [3.63, 3.8) is 0 Å². The molecule has 0 aromatic heterocycles. The SMILES string of the molecule is CCCCCCC(Cc1ccc(C(C)(C)C)cc1)NC(Nc1c(C)cc(C)cc1C)=C1C(=O)COC1=O. The first-order chi connectivity index (χ1) is 17.5. The van der Waals surface area contributed by atoms with Crippen molar-refractivity contribution < 1.29 is 14.3 Å². The van der Waals surface area contributed by atoms with Crippen LogP contribution in [0.3, 0.4) is 0 Å². The number of carbonyl (C=O) groups excluding carboxylic acids is 2. The standard InChI is InChI=1S/C32H44N2O3/c1-8-9-10-11-12-26(19-24-13-15-25(16-14-24)32(5,6)7)33-30(28-27(35)20-37-31(28)36)34-29-22(3)17-21(2)18-23(29)4/h13-18,26,33-34H,8-12,19-20H2,1-7H3. The second-order valence-electron chi connectivity index (χ2n) is 11.5. The van der Waals surface area contributed by atoms with Gasteiger partial charge in [-0.15, -0.1) is 0 Å². The number of ketones is 1. The summed E-state index contributed by atoms with van der Waals surface area (Å²) in [6, 6.07) is 13.1. The number of rotatable bonds is 11. The fourth-order valence-electron chi connectivity index (χ4n) is 4.98. The Morgan fingerprint density at radius 3 is 2.16 bits per heavy atom. The van der Waals surface area contributed by atoms with Crippen molar-refractivity contribution in [3.05, 3.63) is 75.6 Å². The van der Waals surface area contributed by atoms with Crippen molar-refractivity contribution in [2.24, 2.45) is 0 Å². The van der Waals surface area contributed by atoms with Gasteiger partial charge in [-0.3, -0.25) is 4.79 Å². The molecule has 0 aliphatic carbocycles. The van der Waals surface area contributed by atoms with E-state index in [2.05, 4.69) is 81.7 Å². The van der Waals surface area contributed by atoms with Crippen LogP contribution >= 0.6 is 0 Å². The molecule has 2 aromatic rings. The largest absolute Gasteiger partial charge is 0.453 e. The summed E-state index contributed by atoms with van der Waals surface area (Å²) in [6.07, 6.45) is 6.35. The Hall–Kier alpha value is -3.08. The van der Waals surface area contributed by atoms with Crippen LogP contribution in [0.25, 0.3) is 0 Å². The molecule has 37 heavy (non-hydrogen) atoms. The summed E-state index contributed by atoms with van der Waals surface area (Å²) in [7, 11) is 0. The van der Waals surface area contributed by atoms with Crippen molar-refractivity contribution >= 4 is 17.4 Å². The molecule has 5 heteroatoms. The number of ether oxygens (including phenoxy) is 1. The summed E-state index contributed by atoms with van der Waals surface area (Å²) in [4.78, 5) is 25.4. The maximum atomic E-state index is 12.7. The lowest BCUT2D eigenvalue weighted by Gasteiger charge is -2.26. The zero-order chi connectivity index (χ0) is 27.2. The van der Waals surface area contributed by atoms with Gasteiger partial charge in [0.15, 0.2) is 6.61 Å². The topological polar surface area (TPSA) is 67.4 Å². The van der Waals surface area contributed by atoms with Crippen molar-refractivity contribution in [2.75, 3.05) is 11.9 Å². The molecule has 200 valence electrons. The van der Waals surface area contributed by atoms with Crippen LogP contribution in [0.15, 0.2) is 47.8 Å². The number of nitrogens with one attached hydrogen (secondary N) is 2. The van der Waals surface area contributed by atoms with Crippen LogP contribution in [0.4, 0.5) is 5.69 Å². The van der Waals surface area contributed by atoms with Gasteiger partial charge in [0.05, 0.1) is 0 Å². The number of carbonyl (C=O) groups is 2. The van der Waals surface area contributed by atoms with Crippen LogP contribution in [0.1, 0.15) is 87.6 Å². The van der Waals surface area contributed by atoms with Gasteiger partial charge in [-0.1, -0.05) is 95.3 Å². The first-order valence-corrected chi connectivity index (χ1v) is 13.6. The van der Waals surface area contributed by atoms with E-state index in [0.29, 0.717) is 5.82 Å². The fourth-order valence-corrected chi connectivity index (χ4v) is 4.98. The van der Waals surface area contributed by atoms with Crippen molar-refractivity contribution in [1.82, 2.24) is 5.32 Å². The molecule has 1 fully saturated rings. The molecule has 1 atom stereocenters. The summed E-state index contributed by atoms with van der Waals surface area (Å²) in [5.74, 6) is -0.405. The van der Waals surface area contributed by atoms with Crippen LogP contribution in [0.2, 0.25) is 0 Å². The second kappa shape index (κ2) is 12.4. The number of benzene rings is 2. The normalized spacial score (nSPS) is 16.0. The molecule has 0 amide bonds. The third kappa shape index (κ3) is 7.70. The molecule has 1 heterocycles. The second-order valence-corrected chi connectivity index (χ2v) is 11.5. The summed E-state index contributed by atoms with van der Waals surface area (Å²) in [6.45, 7) is 14.8. The van der Waals surface area contributed by atoms with E-state index < -0.39 is 5.97 Å². The highest BCUT2D eigenvalue weighted by molar-refractivity contribution is 6.22. The van der Waals surface area contributed by atoms with Gasteiger partial charge in [0.1, 0.15) is 11.4 Å². The van der Waals surface area contributed by atoms with E-state index in [1.165, 1.54) is 29.5 Å². The van der Waals surface area contributed by atoms with Gasteiger partial charge in [0.25, 0.3) is 0 Å². The van der Waals surface area contributed by atoms with E-state index in [-0.39, 0.29) is 29.4 Å². The predicted octanol–water partition coefficient (Wildman–Crippen LogP) is 6.83. The zero-order valence-corrected chi connectivity index (χ0v) is 23.7. The molecule has 0 bridgehead atoms. The Balaban J connectivity index is 1.93. The minimum atomic E-state index is -0.568. The lowest BCUT2D eigenvalue weighted by molar-refractivity contribution is -0.135. The Morgan fingerprint density at radius 1 is 0.973 bits per heavy atom. The molecular formula is C32H44N2O3. The molecular weight excluding hydrogens is 460 g/mol. The van der Waals surface area contributed by atoms with E-state index in [1.807, 2.05) is 13.8 Å². The lowest BCUT2D eigenvalue weighted by atomic mass is 9.86. The molecule has 2 aromatic carbocycles. The Kier molecular flexibility index (Phi) is 9.58. The Labute approximate surface area is 223 Å². The minimum absolute atomic E-state index is 0.0552. The monoisotopic (exact) mass is 504 g/mol. The van der Waals surface area contributed by atoms with Crippen molar-refractivity contribution in [2.45, 2.75) is 98.4 Å².